The largest absolute Gasteiger partial charge is 0.496 e. The van der Waals surface area contributed by atoms with Crippen molar-refractivity contribution in [1.82, 2.24) is 4.90 Å². The van der Waals surface area contributed by atoms with Crippen molar-refractivity contribution in [3.8, 4) is 5.75 Å². The zero-order chi connectivity index (χ0) is 22.5. The van der Waals surface area contributed by atoms with Gasteiger partial charge < -0.3 is 15.4 Å². The summed E-state index contributed by atoms with van der Waals surface area (Å²) in [5.41, 5.74) is 6.15. The lowest BCUT2D eigenvalue weighted by atomic mass is 9.94. The van der Waals surface area contributed by atoms with Crippen LogP contribution in [0.15, 0.2) is 42.5 Å². The lowest BCUT2D eigenvalue weighted by Gasteiger charge is -2.29. The fourth-order valence-corrected chi connectivity index (χ4v) is 4.32. The van der Waals surface area contributed by atoms with Crippen LogP contribution in [0.5, 0.6) is 5.75 Å². The number of methoxy groups -OCH3 is 1. The SMILES string of the molecule is COc1ccccc1C(Br)=C(C(=O)N1CCCCC1)c1cc([N+](=O)[O-])ccc1C(N)=O. The first-order valence-corrected chi connectivity index (χ1v) is 10.6. The molecule has 9 heteroatoms. The first-order chi connectivity index (χ1) is 14.8. The van der Waals surface area contributed by atoms with Crippen molar-refractivity contribution in [3.05, 3.63) is 69.3 Å². The number of benzene rings is 2. The third kappa shape index (κ3) is 4.77. The van der Waals surface area contributed by atoms with Crippen molar-refractivity contribution in [2.45, 2.75) is 19.3 Å². The van der Waals surface area contributed by atoms with Crippen molar-refractivity contribution < 1.29 is 19.2 Å². The third-order valence-electron chi connectivity index (χ3n) is 5.17. The highest BCUT2D eigenvalue weighted by Crippen LogP contribution is 2.39. The average Bonchev–Trinajstić information content (AvgIpc) is 2.79. The van der Waals surface area contributed by atoms with E-state index in [1.54, 1.807) is 29.2 Å². The Kier molecular flexibility index (Phi) is 7.06. The highest BCUT2D eigenvalue weighted by molar-refractivity contribution is 9.15. The Morgan fingerprint density at radius 1 is 1.06 bits per heavy atom. The summed E-state index contributed by atoms with van der Waals surface area (Å²) in [5, 5.41) is 11.4. The molecule has 0 saturated carbocycles. The van der Waals surface area contributed by atoms with Gasteiger partial charge in [-0.15, -0.1) is 0 Å². The normalized spacial score (nSPS) is 14.6. The predicted molar refractivity (Wildman–Crippen MR) is 121 cm³/mol. The van der Waals surface area contributed by atoms with Gasteiger partial charge in [-0.25, -0.2) is 0 Å². The Morgan fingerprint density at radius 3 is 2.35 bits per heavy atom. The van der Waals surface area contributed by atoms with E-state index in [0.717, 1.165) is 19.3 Å². The molecule has 1 saturated heterocycles. The summed E-state index contributed by atoms with van der Waals surface area (Å²) in [5.74, 6) is -0.612. The molecule has 2 N–H and O–H groups in total. The zero-order valence-electron chi connectivity index (χ0n) is 17.0. The Morgan fingerprint density at radius 2 is 1.74 bits per heavy atom. The molecule has 0 spiro atoms. The quantitative estimate of drug-likeness (QED) is 0.286. The molecular formula is C22H22BrN3O5. The average molecular weight is 488 g/mol. The molecule has 1 aliphatic heterocycles. The second-order valence-electron chi connectivity index (χ2n) is 7.09. The number of hydrogen-bond donors (Lipinski definition) is 1. The molecule has 0 unspecified atom stereocenters. The molecule has 0 radical (unpaired) electrons. The molecule has 31 heavy (non-hydrogen) atoms. The minimum atomic E-state index is -0.783. The maximum Gasteiger partial charge on any atom is 0.270 e. The van der Waals surface area contributed by atoms with Gasteiger partial charge in [0, 0.05) is 46.4 Å². The lowest BCUT2D eigenvalue weighted by molar-refractivity contribution is -0.384. The van der Waals surface area contributed by atoms with Gasteiger partial charge in [0.25, 0.3) is 11.6 Å². The van der Waals surface area contributed by atoms with Gasteiger partial charge in [-0.3, -0.25) is 19.7 Å². The van der Waals surface area contributed by atoms with E-state index in [-0.39, 0.29) is 28.3 Å². The number of rotatable bonds is 6. The highest BCUT2D eigenvalue weighted by atomic mass is 79.9. The molecule has 0 atom stereocenters. The molecule has 8 nitrogen and oxygen atoms in total. The molecule has 0 bridgehead atoms. The smallest absolute Gasteiger partial charge is 0.270 e. The van der Waals surface area contributed by atoms with Crippen LogP contribution in [-0.2, 0) is 4.79 Å². The molecule has 1 heterocycles. The number of non-ortho nitro benzene ring substituents is 1. The number of nitro benzene ring substituents is 1. The van der Waals surface area contributed by atoms with Crippen LogP contribution in [0.3, 0.4) is 0 Å². The second-order valence-corrected chi connectivity index (χ2v) is 7.89. The number of likely N-dealkylation sites (tertiary alicyclic amines) is 1. The van der Waals surface area contributed by atoms with Gasteiger partial charge in [0.2, 0.25) is 5.91 Å². The molecule has 0 aliphatic carbocycles. The van der Waals surface area contributed by atoms with Crippen LogP contribution >= 0.6 is 15.9 Å². The number of ether oxygens (including phenoxy) is 1. The van der Waals surface area contributed by atoms with Crippen LogP contribution in [0.4, 0.5) is 5.69 Å². The van der Waals surface area contributed by atoms with E-state index in [1.807, 2.05) is 0 Å². The summed E-state index contributed by atoms with van der Waals surface area (Å²) in [4.78, 5) is 38.3. The molecule has 162 valence electrons. The first kappa shape index (κ1) is 22.5. The lowest BCUT2D eigenvalue weighted by Crippen LogP contribution is -2.36. The van der Waals surface area contributed by atoms with Gasteiger partial charge in [-0.2, -0.15) is 0 Å². The summed E-state index contributed by atoms with van der Waals surface area (Å²) in [6.45, 7) is 1.13. The van der Waals surface area contributed by atoms with Crippen LogP contribution in [0, 0.1) is 10.1 Å². The van der Waals surface area contributed by atoms with Crippen molar-refractivity contribution in [3.63, 3.8) is 0 Å². The number of nitro groups is 1. The van der Waals surface area contributed by atoms with Crippen molar-refractivity contribution >= 4 is 43.5 Å². The zero-order valence-corrected chi connectivity index (χ0v) is 18.6. The van der Waals surface area contributed by atoms with Crippen LogP contribution in [0.25, 0.3) is 10.1 Å². The van der Waals surface area contributed by atoms with Crippen molar-refractivity contribution in [2.24, 2.45) is 5.73 Å². The fourth-order valence-electron chi connectivity index (χ4n) is 3.61. The number of carbonyl (C=O) groups is 2. The monoisotopic (exact) mass is 487 g/mol. The van der Waals surface area contributed by atoms with Crippen LogP contribution in [0.2, 0.25) is 0 Å². The number of primary amides is 1. The number of nitrogens with two attached hydrogens (primary N) is 1. The summed E-state index contributed by atoms with van der Waals surface area (Å²) in [6, 6.07) is 10.8. The van der Waals surface area contributed by atoms with Gasteiger partial charge in [-0.05, 0) is 47.3 Å². The maximum atomic E-state index is 13.6. The van der Waals surface area contributed by atoms with E-state index < -0.39 is 10.8 Å². The van der Waals surface area contributed by atoms with E-state index in [2.05, 4.69) is 15.9 Å². The minimum absolute atomic E-state index is 0.0257. The van der Waals surface area contributed by atoms with E-state index >= 15 is 0 Å². The van der Waals surface area contributed by atoms with E-state index in [1.165, 1.54) is 25.3 Å². The summed E-state index contributed by atoms with van der Waals surface area (Å²) >= 11 is 3.52. The third-order valence-corrected chi connectivity index (χ3v) is 5.99. The Labute approximate surface area is 187 Å². The van der Waals surface area contributed by atoms with Crippen LogP contribution < -0.4 is 10.5 Å². The Hall–Kier alpha value is -3.20. The van der Waals surface area contributed by atoms with E-state index in [0.29, 0.717) is 28.9 Å². The molecule has 3 rings (SSSR count). The summed E-state index contributed by atoms with van der Waals surface area (Å²) < 4.78 is 5.79. The fraction of sp³-hybridized carbons (Fsp3) is 0.273. The predicted octanol–water partition coefficient (Wildman–Crippen LogP) is 3.98. The molecule has 2 amide bonds. The molecular weight excluding hydrogens is 466 g/mol. The van der Waals surface area contributed by atoms with Gasteiger partial charge in [0.05, 0.1) is 17.6 Å². The van der Waals surface area contributed by atoms with Gasteiger partial charge in [0.15, 0.2) is 0 Å². The van der Waals surface area contributed by atoms with E-state index in [4.69, 9.17) is 10.5 Å². The second kappa shape index (κ2) is 9.74. The summed E-state index contributed by atoms with van der Waals surface area (Å²) in [7, 11) is 1.51. The molecule has 1 aliphatic rings. The standard InChI is InChI=1S/C22H22BrN3O5/c1-31-18-8-4-3-7-16(18)20(23)19(22(28)25-11-5-2-6-12-25)17-13-14(26(29)30)9-10-15(17)21(24)27/h3-4,7-10,13H,2,5-6,11-12H2,1H3,(H2,24,27). The van der Waals surface area contributed by atoms with Gasteiger partial charge >= 0.3 is 0 Å². The van der Waals surface area contributed by atoms with Crippen LogP contribution in [0.1, 0.15) is 40.7 Å². The molecule has 2 aromatic carbocycles. The molecule has 1 fully saturated rings. The maximum absolute atomic E-state index is 13.6. The number of amides is 2. The molecule has 2 aromatic rings. The van der Waals surface area contributed by atoms with Crippen molar-refractivity contribution in [1.29, 1.82) is 0 Å². The number of piperidine rings is 1. The van der Waals surface area contributed by atoms with Gasteiger partial charge in [-0.1, -0.05) is 18.2 Å². The topological polar surface area (TPSA) is 116 Å². The number of carbonyl (C=O) groups excluding carboxylic acids is 2. The number of hydrogen-bond acceptors (Lipinski definition) is 5. The number of nitrogens with zero attached hydrogens (tertiary/aromatic N) is 2. The Balaban J connectivity index is 2.31. The van der Waals surface area contributed by atoms with Gasteiger partial charge in [0.1, 0.15) is 5.75 Å². The highest BCUT2D eigenvalue weighted by Gasteiger charge is 2.29. The number of para-hydroxylation sites is 1. The Bertz CT molecular complexity index is 1060. The number of halogens is 1. The van der Waals surface area contributed by atoms with E-state index in [9.17, 15) is 19.7 Å². The first-order valence-electron chi connectivity index (χ1n) is 9.76. The summed E-state index contributed by atoms with van der Waals surface area (Å²) in [6.07, 6.45) is 2.76. The van der Waals surface area contributed by atoms with Crippen LogP contribution in [-0.4, -0.2) is 41.8 Å². The molecule has 0 aromatic heterocycles. The van der Waals surface area contributed by atoms with Crippen molar-refractivity contribution in [2.75, 3.05) is 20.2 Å². The minimum Gasteiger partial charge on any atom is -0.496 e.